The van der Waals surface area contributed by atoms with Crippen LogP contribution in [0.1, 0.15) is 387 Å². The lowest BCUT2D eigenvalue weighted by Crippen LogP contribution is -2.30. The van der Waals surface area contributed by atoms with Crippen LogP contribution in [-0.2, 0) is 65.4 Å². The van der Waals surface area contributed by atoms with Crippen molar-refractivity contribution in [2.45, 2.75) is 406 Å². The summed E-state index contributed by atoms with van der Waals surface area (Å²) < 4.78 is 68.6. The molecule has 0 amide bonds. The van der Waals surface area contributed by atoms with Crippen molar-refractivity contribution in [1.82, 2.24) is 0 Å². The highest BCUT2D eigenvalue weighted by Crippen LogP contribution is 2.45. The molecule has 0 fully saturated rings. The molecule has 19 heteroatoms. The summed E-state index contributed by atoms with van der Waals surface area (Å²) in [6.45, 7) is 4.91. The summed E-state index contributed by atoms with van der Waals surface area (Å²) in [4.78, 5) is 72.9. The summed E-state index contributed by atoms with van der Waals surface area (Å²) in [5.41, 5.74) is 0. The second-order valence-corrected chi connectivity index (χ2v) is 30.3. The fourth-order valence-electron chi connectivity index (χ4n) is 11.4. The van der Waals surface area contributed by atoms with Gasteiger partial charge in [-0.2, -0.15) is 0 Å². The van der Waals surface area contributed by atoms with Crippen molar-refractivity contribution in [3.8, 4) is 0 Å². The molecular formula is C79H148O17P2. The van der Waals surface area contributed by atoms with Gasteiger partial charge in [-0.05, 0) is 103 Å². The molecule has 3 N–H and O–H groups in total. The van der Waals surface area contributed by atoms with E-state index in [0.717, 1.165) is 141 Å². The normalized spacial score (nSPS) is 14.1. The van der Waals surface area contributed by atoms with Crippen LogP contribution in [0.2, 0.25) is 0 Å². The van der Waals surface area contributed by atoms with E-state index >= 15 is 0 Å². The van der Waals surface area contributed by atoms with Crippen molar-refractivity contribution in [2.75, 3.05) is 39.6 Å². The average molecular weight is 1430 g/mol. The number of aliphatic hydroxyl groups is 1. The van der Waals surface area contributed by atoms with E-state index in [2.05, 4.69) is 64.2 Å². The molecule has 0 aromatic heterocycles. The number of hydrogen-bond acceptors (Lipinski definition) is 15. The zero-order valence-corrected chi connectivity index (χ0v) is 64.8. The highest BCUT2D eigenvalue weighted by molar-refractivity contribution is 7.47. The number of allylic oxidation sites excluding steroid dienone is 6. The molecule has 17 nitrogen and oxygen atoms in total. The van der Waals surface area contributed by atoms with Crippen molar-refractivity contribution in [1.29, 1.82) is 0 Å². The third-order valence-corrected chi connectivity index (χ3v) is 19.5. The minimum atomic E-state index is -4.97. The maximum absolute atomic E-state index is 13.1. The van der Waals surface area contributed by atoms with Crippen LogP contribution in [0.15, 0.2) is 36.5 Å². The van der Waals surface area contributed by atoms with Crippen LogP contribution in [0.25, 0.3) is 0 Å². The predicted molar refractivity (Wildman–Crippen MR) is 400 cm³/mol. The lowest BCUT2D eigenvalue weighted by atomic mass is 10.0. The Labute approximate surface area is 598 Å². The summed E-state index contributed by atoms with van der Waals surface area (Å²) in [5, 5.41) is 10.6. The van der Waals surface area contributed by atoms with Crippen molar-refractivity contribution in [2.24, 2.45) is 0 Å². The van der Waals surface area contributed by atoms with Gasteiger partial charge in [0, 0.05) is 25.7 Å². The van der Waals surface area contributed by atoms with E-state index in [-0.39, 0.29) is 25.7 Å². The van der Waals surface area contributed by atoms with Crippen LogP contribution in [0.3, 0.4) is 0 Å². The third-order valence-electron chi connectivity index (χ3n) is 17.6. The predicted octanol–water partition coefficient (Wildman–Crippen LogP) is 23.1. The first-order valence-electron chi connectivity index (χ1n) is 40.2. The molecule has 98 heavy (non-hydrogen) atoms. The first-order valence-corrected chi connectivity index (χ1v) is 43.2. The number of esters is 4. The Balaban J connectivity index is 5.31. The Bertz CT molecular complexity index is 2000. The van der Waals surface area contributed by atoms with Crippen LogP contribution in [0, 0.1) is 0 Å². The highest BCUT2D eigenvalue weighted by Gasteiger charge is 2.30. The van der Waals surface area contributed by atoms with Gasteiger partial charge in [0.25, 0.3) is 0 Å². The van der Waals surface area contributed by atoms with E-state index in [1.54, 1.807) is 0 Å². The molecule has 0 saturated carbocycles. The number of hydrogen-bond donors (Lipinski definition) is 3. The van der Waals surface area contributed by atoms with Gasteiger partial charge >= 0.3 is 39.5 Å². The smallest absolute Gasteiger partial charge is 0.462 e. The highest BCUT2D eigenvalue weighted by atomic mass is 31.2. The number of rotatable bonds is 77. The largest absolute Gasteiger partial charge is 0.472 e. The molecule has 576 valence electrons. The van der Waals surface area contributed by atoms with Crippen LogP contribution in [0.5, 0.6) is 0 Å². The zero-order chi connectivity index (χ0) is 71.8. The SMILES string of the molecule is CCCCCC/C=C\CCCCCCCCCC(=O)OC[C@H](COP(=O)(O)OC[C@H](O)COP(=O)(O)OC[C@@H](COC(=O)CCCCCCC/C=C\CCCCCCCC)OC(=O)CCCCCCC/C=C\CCCCCC)OC(=O)CCCCCCCCCCCCCCCCC. The quantitative estimate of drug-likeness (QED) is 0.0169. The summed E-state index contributed by atoms with van der Waals surface area (Å²) in [6.07, 6.45) is 68.3. The summed E-state index contributed by atoms with van der Waals surface area (Å²) in [7, 11) is -9.93. The molecule has 0 rings (SSSR count). The van der Waals surface area contributed by atoms with Gasteiger partial charge < -0.3 is 33.8 Å². The van der Waals surface area contributed by atoms with Crippen molar-refractivity contribution < 1.29 is 80.2 Å². The molecule has 0 aromatic rings. The third kappa shape index (κ3) is 71.7. The maximum Gasteiger partial charge on any atom is 0.472 e. The fourth-order valence-corrected chi connectivity index (χ4v) is 13.0. The molecule has 0 aromatic carbocycles. The maximum atomic E-state index is 13.1. The topological polar surface area (TPSA) is 237 Å². The molecule has 0 aliphatic heterocycles. The number of unbranched alkanes of at least 4 members (excludes halogenated alkanes) is 45. The van der Waals surface area contributed by atoms with Gasteiger partial charge in [0.15, 0.2) is 12.2 Å². The van der Waals surface area contributed by atoms with Gasteiger partial charge in [-0.3, -0.25) is 37.3 Å². The molecule has 0 aliphatic rings. The first-order chi connectivity index (χ1) is 47.7. The van der Waals surface area contributed by atoms with E-state index in [9.17, 15) is 43.2 Å². The van der Waals surface area contributed by atoms with E-state index in [1.807, 2.05) is 0 Å². The van der Waals surface area contributed by atoms with E-state index in [1.165, 1.54) is 167 Å². The Morgan fingerprint density at radius 3 is 0.714 bits per heavy atom. The van der Waals surface area contributed by atoms with Gasteiger partial charge in [0.2, 0.25) is 0 Å². The molecule has 2 unspecified atom stereocenters. The van der Waals surface area contributed by atoms with Gasteiger partial charge in [-0.15, -0.1) is 0 Å². The van der Waals surface area contributed by atoms with Gasteiger partial charge in [-0.25, -0.2) is 9.13 Å². The molecule has 0 spiro atoms. The molecule has 0 saturated heterocycles. The number of phosphoric acid groups is 2. The summed E-state index contributed by atoms with van der Waals surface area (Å²) in [5.74, 6) is -2.15. The Kier molecular flexibility index (Phi) is 70.6. The number of carbonyl (C=O) groups excluding carboxylic acids is 4. The van der Waals surface area contributed by atoms with Gasteiger partial charge in [-0.1, -0.05) is 295 Å². The van der Waals surface area contributed by atoms with E-state index in [0.29, 0.717) is 25.7 Å². The van der Waals surface area contributed by atoms with E-state index in [4.69, 9.17) is 37.0 Å². The van der Waals surface area contributed by atoms with Gasteiger partial charge in [0.05, 0.1) is 26.4 Å². The molecule has 0 heterocycles. The molecule has 0 bridgehead atoms. The average Bonchev–Trinajstić information content (AvgIpc) is 1.04. The minimum Gasteiger partial charge on any atom is -0.462 e. The fraction of sp³-hybridized carbons (Fsp3) is 0.873. The Morgan fingerprint density at radius 2 is 0.469 bits per heavy atom. The summed E-state index contributed by atoms with van der Waals surface area (Å²) in [6, 6.07) is 0. The van der Waals surface area contributed by atoms with E-state index < -0.39 is 97.5 Å². The standard InChI is InChI=1S/C79H148O17P2/c1-5-9-13-17-21-25-29-33-36-40-43-47-51-55-59-63-76(81)89-69-74(95-78(83)65-61-57-53-49-45-39-32-28-24-20-16-12-8-4)71-93-97(85,86)91-67-73(80)68-92-98(87,88)94-72-75(96-79(84)66-62-58-54-50-46-42-38-35-31-27-23-19-15-11-7-3)70-90-77(82)64-60-56-52-48-44-41-37-34-30-26-22-18-14-10-6-2/h26,28,30,32-33,36,73-75,80H,5-25,27,29,31,34-35,37-72H2,1-4H3,(H,85,86)(H,87,88)/b30-26-,32-28-,36-33-/t73-,74-,75-/m1/s1. The van der Waals surface area contributed by atoms with Crippen molar-refractivity contribution >= 4 is 39.5 Å². The lowest BCUT2D eigenvalue weighted by Gasteiger charge is -2.21. The van der Waals surface area contributed by atoms with Crippen molar-refractivity contribution in [3.05, 3.63) is 36.5 Å². The minimum absolute atomic E-state index is 0.0895. The van der Waals surface area contributed by atoms with Crippen LogP contribution in [0.4, 0.5) is 0 Å². The second-order valence-electron chi connectivity index (χ2n) is 27.4. The number of phosphoric ester groups is 2. The number of carbonyl (C=O) groups is 4. The molecule has 5 atom stereocenters. The first kappa shape index (κ1) is 95.3. The second kappa shape index (κ2) is 72.6. The van der Waals surface area contributed by atoms with Crippen molar-refractivity contribution in [3.63, 3.8) is 0 Å². The van der Waals surface area contributed by atoms with Crippen LogP contribution in [-0.4, -0.2) is 96.7 Å². The Morgan fingerprint density at radius 1 is 0.276 bits per heavy atom. The Hall–Kier alpha value is -2.72. The monoisotopic (exact) mass is 1430 g/mol. The number of ether oxygens (including phenoxy) is 4. The summed E-state index contributed by atoms with van der Waals surface area (Å²) >= 11 is 0. The van der Waals surface area contributed by atoms with Gasteiger partial charge in [0.1, 0.15) is 19.3 Å². The van der Waals surface area contributed by atoms with Crippen LogP contribution >= 0.6 is 15.6 Å². The van der Waals surface area contributed by atoms with Crippen LogP contribution < -0.4 is 0 Å². The number of aliphatic hydroxyl groups excluding tert-OH is 1. The molecule has 0 aliphatic carbocycles. The zero-order valence-electron chi connectivity index (χ0n) is 63.0. The molecule has 0 radical (unpaired) electrons. The lowest BCUT2D eigenvalue weighted by molar-refractivity contribution is -0.161. The molecular weight excluding hydrogens is 1280 g/mol.